The lowest BCUT2D eigenvalue weighted by molar-refractivity contribution is -0.143. The van der Waals surface area contributed by atoms with E-state index in [1.807, 2.05) is 44.2 Å². The highest BCUT2D eigenvalue weighted by Crippen LogP contribution is 2.27. The first-order valence-electron chi connectivity index (χ1n) is 14.8. The Morgan fingerprint density at radius 1 is 0.927 bits per heavy atom. The molecule has 0 saturated heterocycles. The van der Waals surface area contributed by atoms with Gasteiger partial charge in [0.2, 0.25) is 11.8 Å². The smallest absolute Gasteiger partial charge is 0.408 e. The third kappa shape index (κ3) is 11.8. The van der Waals surface area contributed by atoms with E-state index < -0.39 is 23.8 Å². The van der Waals surface area contributed by atoms with Crippen molar-refractivity contribution < 1.29 is 24.2 Å². The van der Waals surface area contributed by atoms with Crippen LogP contribution in [-0.2, 0) is 20.9 Å². The van der Waals surface area contributed by atoms with Crippen molar-refractivity contribution in [2.24, 2.45) is 5.92 Å². The molecule has 2 atom stereocenters. The van der Waals surface area contributed by atoms with Crippen LogP contribution in [0, 0.1) is 5.92 Å². The Morgan fingerprint density at radius 3 is 2.20 bits per heavy atom. The van der Waals surface area contributed by atoms with Crippen LogP contribution in [0.2, 0.25) is 0 Å². The minimum Gasteiger partial charge on any atom is -0.508 e. The molecule has 0 heterocycles. The zero-order valence-corrected chi connectivity index (χ0v) is 25.6. The third-order valence-corrected chi connectivity index (χ3v) is 6.70. The van der Waals surface area contributed by atoms with Crippen molar-refractivity contribution in [2.45, 2.75) is 104 Å². The normalized spacial score (nSPS) is 12.9. The van der Waals surface area contributed by atoms with E-state index in [9.17, 15) is 19.5 Å². The molecular formula is C33H49N3O5. The number of unbranched alkanes of at least 4 members (excludes halogenated alkanes) is 5. The molecule has 0 fully saturated rings. The number of alkyl carbamates (subject to hydrolysis) is 1. The SMILES string of the molecule is CCCCCCCCN(C(=O)C(NC(=O)OC(C)(C)C)C(C)C)C(C(=O)NCc1ccccc1)c1cccc(O)c1. The second-order valence-electron chi connectivity index (χ2n) is 11.9. The van der Waals surface area contributed by atoms with Crippen molar-refractivity contribution in [2.75, 3.05) is 6.54 Å². The van der Waals surface area contributed by atoms with Crippen LogP contribution in [0.15, 0.2) is 54.6 Å². The average molecular weight is 568 g/mol. The summed E-state index contributed by atoms with van der Waals surface area (Å²) in [4.78, 5) is 42.4. The van der Waals surface area contributed by atoms with Gasteiger partial charge in [-0.25, -0.2) is 4.79 Å². The van der Waals surface area contributed by atoms with E-state index in [0.717, 1.165) is 37.7 Å². The predicted molar refractivity (Wildman–Crippen MR) is 162 cm³/mol. The molecule has 2 unspecified atom stereocenters. The number of hydrogen-bond acceptors (Lipinski definition) is 5. The maximum atomic E-state index is 14.2. The summed E-state index contributed by atoms with van der Waals surface area (Å²) in [6.07, 6.45) is 5.38. The van der Waals surface area contributed by atoms with Crippen molar-refractivity contribution in [3.8, 4) is 5.75 Å². The molecule has 0 aliphatic carbocycles. The van der Waals surface area contributed by atoms with Crippen molar-refractivity contribution in [3.63, 3.8) is 0 Å². The van der Waals surface area contributed by atoms with Gasteiger partial charge in [-0.2, -0.15) is 0 Å². The number of phenolic OH excluding ortho intramolecular Hbond substituents is 1. The number of rotatable bonds is 15. The molecule has 8 nitrogen and oxygen atoms in total. The summed E-state index contributed by atoms with van der Waals surface area (Å²) >= 11 is 0. The molecule has 2 rings (SSSR count). The van der Waals surface area contributed by atoms with Gasteiger partial charge in [-0.3, -0.25) is 9.59 Å². The molecule has 3 amide bonds. The fourth-order valence-corrected chi connectivity index (χ4v) is 4.61. The van der Waals surface area contributed by atoms with Gasteiger partial charge >= 0.3 is 6.09 Å². The van der Waals surface area contributed by atoms with Crippen LogP contribution in [0.5, 0.6) is 5.75 Å². The second kappa shape index (κ2) is 16.7. The number of nitrogens with zero attached hydrogens (tertiary/aromatic N) is 1. The Balaban J connectivity index is 2.43. The minimum atomic E-state index is -1.00. The molecule has 0 bridgehead atoms. The molecule has 0 radical (unpaired) electrons. The van der Waals surface area contributed by atoms with Crippen LogP contribution in [0.3, 0.4) is 0 Å². The lowest BCUT2D eigenvalue weighted by atomic mass is 9.98. The Kier molecular flexibility index (Phi) is 13.7. The van der Waals surface area contributed by atoms with E-state index in [1.54, 1.807) is 37.8 Å². The van der Waals surface area contributed by atoms with E-state index in [2.05, 4.69) is 17.6 Å². The van der Waals surface area contributed by atoms with Crippen molar-refractivity contribution in [1.29, 1.82) is 0 Å². The highest BCUT2D eigenvalue weighted by atomic mass is 16.6. The Hall–Kier alpha value is -3.55. The van der Waals surface area contributed by atoms with Crippen molar-refractivity contribution in [3.05, 3.63) is 65.7 Å². The fraction of sp³-hybridized carbons (Fsp3) is 0.545. The van der Waals surface area contributed by atoms with Gasteiger partial charge in [-0.1, -0.05) is 95.3 Å². The van der Waals surface area contributed by atoms with Gasteiger partial charge in [0.25, 0.3) is 0 Å². The maximum Gasteiger partial charge on any atom is 0.408 e. The van der Waals surface area contributed by atoms with Gasteiger partial charge < -0.3 is 25.4 Å². The zero-order valence-electron chi connectivity index (χ0n) is 25.6. The third-order valence-electron chi connectivity index (χ3n) is 6.70. The molecule has 0 saturated carbocycles. The Morgan fingerprint density at radius 2 is 1.59 bits per heavy atom. The largest absolute Gasteiger partial charge is 0.508 e. The highest BCUT2D eigenvalue weighted by Gasteiger charge is 2.37. The van der Waals surface area contributed by atoms with Crippen molar-refractivity contribution in [1.82, 2.24) is 15.5 Å². The molecule has 41 heavy (non-hydrogen) atoms. The van der Waals surface area contributed by atoms with Gasteiger partial charge in [0.1, 0.15) is 23.4 Å². The number of nitrogens with one attached hydrogen (secondary N) is 2. The number of carbonyl (C=O) groups excluding carboxylic acids is 3. The van der Waals surface area contributed by atoms with Crippen LogP contribution in [0.25, 0.3) is 0 Å². The standard InChI is InChI=1S/C33H49N3O5/c1-7-8-9-10-11-15-21-36(31(39)28(24(2)3)35-32(40)41-33(4,5)6)29(26-19-16-20-27(37)22-26)30(38)34-23-25-17-13-12-14-18-25/h12-14,16-20,22,24,28-29,37H,7-11,15,21,23H2,1-6H3,(H,34,38)(H,35,40). The maximum absolute atomic E-state index is 14.2. The van der Waals surface area contributed by atoms with E-state index in [0.29, 0.717) is 18.5 Å². The number of amides is 3. The summed E-state index contributed by atoms with van der Waals surface area (Å²) in [7, 11) is 0. The van der Waals surface area contributed by atoms with E-state index in [-0.39, 0.29) is 30.0 Å². The van der Waals surface area contributed by atoms with Crippen LogP contribution in [0.1, 0.15) is 97.2 Å². The highest BCUT2D eigenvalue weighted by molar-refractivity contribution is 5.92. The molecule has 0 aromatic heterocycles. The minimum absolute atomic E-state index is 0.00242. The summed E-state index contributed by atoms with van der Waals surface area (Å²) in [5, 5.41) is 16.0. The molecule has 2 aromatic rings. The molecule has 2 aromatic carbocycles. The second-order valence-corrected chi connectivity index (χ2v) is 11.9. The number of ether oxygens (including phenoxy) is 1. The predicted octanol–water partition coefficient (Wildman–Crippen LogP) is 6.49. The number of benzene rings is 2. The van der Waals surface area contributed by atoms with Gasteiger partial charge in [-0.05, 0) is 56.4 Å². The summed E-state index contributed by atoms with van der Waals surface area (Å²) in [5.41, 5.74) is 0.694. The van der Waals surface area contributed by atoms with Crippen LogP contribution in [0.4, 0.5) is 4.79 Å². The van der Waals surface area contributed by atoms with Gasteiger partial charge in [0, 0.05) is 13.1 Å². The number of phenols is 1. The van der Waals surface area contributed by atoms with Crippen molar-refractivity contribution >= 4 is 17.9 Å². The summed E-state index contributed by atoms with van der Waals surface area (Å²) in [5.74, 6) is -0.997. The summed E-state index contributed by atoms with van der Waals surface area (Å²) < 4.78 is 5.45. The number of aromatic hydroxyl groups is 1. The fourth-order valence-electron chi connectivity index (χ4n) is 4.61. The molecule has 0 aliphatic heterocycles. The molecule has 0 spiro atoms. The quantitative estimate of drug-likeness (QED) is 0.213. The Bertz CT molecular complexity index is 1100. The lowest BCUT2D eigenvalue weighted by Gasteiger charge is -2.35. The summed E-state index contributed by atoms with van der Waals surface area (Å²) in [6.45, 7) is 11.8. The van der Waals surface area contributed by atoms with E-state index in [4.69, 9.17) is 4.74 Å². The van der Waals surface area contributed by atoms with Gasteiger partial charge in [0.15, 0.2) is 0 Å². The first kappa shape index (κ1) is 33.7. The van der Waals surface area contributed by atoms with Gasteiger partial charge in [0.05, 0.1) is 0 Å². The topological polar surface area (TPSA) is 108 Å². The number of carbonyl (C=O) groups is 3. The Labute approximate surface area is 245 Å². The lowest BCUT2D eigenvalue weighted by Crippen LogP contribution is -2.55. The first-order chi connectivity index (χ1) is 19.4. The van der Waals surface area contributed by atoms with Crippen LogP contribution < -0.4 is 10.6 Å². The molecule has 226 valence electrons. The van der Waals surface area contributed by atoms with E-state index in [1.165, 1.54) is 12.1 Å². The monoisotopic (exact) mass is 567 g/mol. The van der Waals surface area contributed by atoms with Crippen LogP contribution >= 0.6 is 0 Å². The first-order valence-corrected chi connectivity index (χ1v) is 14.8. The zero-order chi connectivity index (χ0) is 30.4. The number of hydrogen-bond donors (Lipinski definition) is 3. The summed E-state index contributed by atoms with van der Waals surface area (Å²) in [6, 6.07) is 14.1. The van der Waals surface area contributed by atoms with E-state index >= 15 is 0 Å². The van der Waals surface area contributed by atoms with Gasteiger partial charge in [-0.15, -0.1) is 0 Å². The molecule has 3 N–H and O–H groups in total. The molecular weight excluding hydrogens is 518 g/mol. The molecule has 8 heteroatoms. The molecule has 0 aliphatic rings. The average Bonchev–Trinajstić information content (AvgIpc) is 2.90. The van der Waals surface area contributed by atoms with Crippen LogP contribution in [-0.4, -0.2) is 46.1 Å².